The fraction of sp³-hybridized carbons (Fsp3) is 0.516. The van der Waals surface area contributed by atoms with Gasteiger partial charge in [-0.2, -0.15) is 10.2 Å². The maximum absolute atomic E-state index is 12.7. The van der Waals surface area contributed by atoms with E-state index >= 15 is 0 Å². The third-order valence-corrected chi connectivity index (χ3v) is 9.08. The lowest BCUT2D eigenvalue weighted by Crippen LogP contribution is -2.44. The molecule has 44 heavy (non-hydrogen) atoms. The maximum Gasteiger partial charge on any atom is 0.306 e. The van der Waals surface area contributed by atoms with E-state index in [-0.39, 0.29) is 42.2 Å². The Labute approximate surface area is 259 Å². The summed E-state index contributed by atoms with van der Waals surface area (Å²) < 4.78 is 33.2. The number of hydrogen-bond acceptors (Lipinski definition) is 9. The summed E-state index contributed by atoms with van der Waals surface area (Å²) in [5.74, 6) is -1.49. The molecule has 0 aromatic heterocycles. The normalized spacial score (nSPS) is 14.8. The molecule has 0 saturated carbocycles. The number of carboxylic acids is 1. The van der Waals surface area contributed by atoms with Crippen LogP contribution in [0.2, 0.25) is 0 Å². The number of nitrogens with one attached hydrogen (secondary N) is 1. The number of sulfonamides is 1. The van der Waals surface area contributed by atoms with Crippen LogP contribution in [0.25, 0.3) is 0 Å². The molecular formula is C31H43N5O7S. The third kappa shape index (κ3) is 11.3. The van der Waals surface area contributed by atoms with Gasteiger partial charge in [-0.1, -0.05) is 13.3 Å². The summed E-state index contributed by atoms with van der Waals surface area (Å²) in [6.07, 6.45) is 3.36. The molecule has 2 aromatic rings. The fourth-order valence-electron chi connectivity index (χ4n) is 4.63. The van der Waals surface area contributed by atoms with E-state index in [1.807, 2.05) is 55.1 Å². The Kier molecular flexibility index (Phi) is 12.8. The number of carbonyl (C=O) groups excluding carboxylic acids is 2. The van der Waals surface area contributed by atoms with Crippen LogP contribution in [0.1, 0.15) is 58.3 Å². The van der Waals surface area contributed by atoms with Crippen molar-refractivity contribution in [1.82, 2.24) is 9.62 Å². The van der Waals surface area contributed by atoms with Crippen LogP contribution in [-0.2, 0) is 29.1 Å². The van der Waals surface area contributed by atoms with E-state index in [0.29, 0.717) is 63.0 Å². The molecule has 12 nitrogen and oxygen atoms in total. The molecule has 1 saturated heterocycles. The predicted octanol–water partition coefficient (Wildman–Crippen LogP) is 5.04. The van der Waals surface area contributed by atoms with E-state index < -0.39 is 22.0 Å². The van der Waals surface area contributed by atoms with Crippen molar-refractivity contribution in [1.29, 1.82) is 0 Å². The molecule has 0 atom stereocenters. The highest BCUT2D eigenvalue weighted by molar-refractivity contribution is 7.89. The molecule has 1 aliphatic heterocycles. The van der Waals surface area contributed by atoms with Gasteiger partial charge >= 0.3 is 11.9 Å². The number of amides is 1. The van der Waals surface area contributed by atoms with Crippen LogP contribution in [0, 0.1) is 5.41 Å². The molecule has 2 aromatic carbocycles. The van der Waals surface area contributed by atoms with Gasteiger partial charge in [-0.25, -0.2) is 13.1 Å². The molecule has 0 spiro atoms. The highest BCUT2D eigenvalue weighted by atomic mass is 32.2. The van der Waals surface area contributed by atoms with Crippen molar-refractivity contribution in [2.24, 2.45) is 15.6 Å². The minimum absolute atomic E-state index is 0.0638. The first-order valence-electron chi connectivity index (χ1n) is 14.8. The largest absolute Gasteiger partial charge is 0.481 e. The second kappa shape index (κ2) is 16.3. The number of nitrogens with zero attached hydrogens (tertiary/aromatic N) is 4. The van der Waals surface area contributed by atoms with Crippen molar-refractivity contribution in [3.05, 3.63) is 48.5 Å². The maximum atomic E-state index is 12.7. The van der Waals surface area contributed by atoms with Gasteiger partial charge in [0.25, 0.3) is 0 Å². The first-order chi connectivity index (χ1) is 20.9. The lowest BCUT2D eigenvalue weighted by molar-refractivity contribution is -0.151. The Morgan fingerprint density at radius 2 is 1.50 bits per heavy atom. The molecule has 1 aliphatic rings. The number of unbranched alkanes of at least 4 members (excludes halogenated alkanes) is 2. The van der Waals surface area contributed by atoms with Crippen molar-refractivity contribution < 1.29 is 32.6 Å². The van der Waals surface area contributed by atoms with Gasteiger partial charge in [0.05, 0.1) is 35.7 Å². The molecule has 1 heterocycles. The summed E-state index contributed by atoms with van der Waals surface area (Å²) in [6.45, 7) is 3.64. The first kappa shape index (κ1) is 34.6. The smallest absolute Gasteiger partial charge is 0.306 e. The Balaban J connectivity index is 1.31. The summed E-state index contributed by atoms with van der Waals surface area (Å²) >= 11 is 0. The second-order valence-electron chi connectivity index (χ2n) is 11.6. The first-order valence-corrected chi connectivity index (χ1v) is 16.3. The Morgan fingerprint density at radius 1 is 0.909 bits per heavy atom. The molecule has 1 fully saturated rings. The van der Waals surface area contributed by atoms with Crippen molar-refractivity contribution in [2.75, 3.05) is 45.2 Å². The number of azo groups is 1. The number of esters is 1. The van der Waals surface area contributed by atoms with Crippen LogP contribution in [0.3, 0.4) is 0 Å². The van der Waals surface area contributed by atoms with Crippen LogP contribution < -0.4 is 9.62 Å². The molecular weight excluding hydrogens is 586 g/mol. The Morgan fingerprint density at radius 3 is 2.07 bits per heavy atom. The van der Waals surface area contributed by atoms with Gasteiger partial charge in [0.2, 0.25) is 15.9 Å². The van der Waals surface area contributed by atoms with E-state index in [2.05, 4.69) is 15.0 Å². The number of likely N-dealkylation sites (tertiary alicyclic amines) is 1. The van der Waals surface area contributed by atoms with Gasteiger partial charge in [0.1, 0.15) is 0 Å². The lowest BCUT2D eigenvalue weighted by Gasteiger charge is -2.39. The number of ether oxygens (including phenoxy) is 1. The number of hydrogen-bond donors (Lipinski definition) is 2. The van der Waals surface area contributed by atoms with Gasteiger partial charge in [-0.05, 0) is 74.2 Å². The van der Waals surface area contributed by atoms with Gasteiger partial charge in [-0.3, -0.25) is 14.4 Å². The van der Waals surface area contributed by atoms with Crippen molar-refractivity contribution in [3.63, 3.8) is 0 Å². The minimum atomic E-state index is -3.67. The van der Waals surface area contributed by atoms with Crippen LogP contribution in [-0.4, -0.2) is 76.6 Å². The summed E-state index contributed by atoms with van der Waals surface area (Å²) in [5, 5.41) is 17.1. The molecule has 0 aliphatic carbocycles. The molecule has 240 valence electrons. The van der Waals surface area contributed by atoms with E-state index in [0.717, 1.165) is 5.69 Å². The van der Waals surface area contributed by atoms with Crippen LogP contribution in [0.15, 0.2) is 63.7 Å². The average molecular weight is 630 g/mol. The molecule has 1 amide bonds. The van der Waals surface area contributed by atoms with Gasteiger partial charge in [-0.15, -0.1) is 0 Å². The average Bonchev–Trinajstić information content (AvgIpc) is 3.00. The Hall–Kier alpha value is -3.84. The van der Waals surface area contributed by atoms with Crippen LogP contribution in [0.4, 0.5) is 17.1 Å². The quantitative estimate of drug-likeness (QED) is 0.148. The molecule has 2 N–H and O–H groups in total. The summed E-state index contributed by atoms with van der Waals surface area (Å²) in [5.41, 5.74) is 2.05. The number of aliphatic carboxylic acids is 1. The molecule has 0 radical (unpaired) electrons. The highest BCUT2D eigenvalue weighted by Gasteiger charge is 2.33. The zero-order valence-corrected chi connectivity index (χ0v) is 26.5. The Bertz CT molecular complexity index is 1390. The topological polar surface area (TPSA) is 158 Å². The van der Waals surface area contributed by atoms with Gasteiger partial charge < -0.3 is 19.6 Å². The SMILES string of the molecule is CN(C)c1ccc(/N=N/c2ccc(S(=O)(=O)NCCCCCC(=O)N3CCC(C)(COC(=O)CCC(=O)O)CC3)cc2)cc1. The number of carboxylic acid groups (broad SMARTS) is 1. The van der Waals surface area contributed by atoms with Crippen LogP contribution in [0.5, 0.6) is 0 Å². The number of rotatable bonds is 16. The number of carbonyl (C=O) groups is 3. The second-order valence-corrected chi connectivity index (χ2v) is 13.3. The highest BCUT2D eigenvalue weighted by Crippen LogP contribution is 2.32. The van der Waals surface area contributed by atoms with Crippen LogP contribution >= 0.6 is 0 Å². The molecule has 3 rings (SSSR count). The fourth-order valence-corrected chi connectivity index (χ4v) is 5.70. The standard InChI is InChI=1S/C31H43N5O7S/c1-31(23-43-30(40)17-16-29(38)39)18-21-36(22-19-31)28(37)7-5-4-6-20-32-44(41,42)27-14-10-25(11-15-27)34-33-24-8-12-26(13-9-24)35(2)3/h8-15,32H,4-7,16-23H2,1-3H3,(H,38,39)/b34-33+. The van der Waals surface area contributed by atoms with Gasteiger partial charge in [0, 0.05) is 51.3 Å². The summed E-state index contributed by atoms with van der Waals surface area (Å²) in [7, 11) is 0.250. The van der Waals surface area contributed by atoms with Crippen molar-refractivity contribution >= 4 is 44.9 Å². The predicted molar refractivity (Wildman–Crippen MR) is 167 cm³/mol. The monoisotopic (exact) mass is 629 g/mol. The third-order valence-electron chi connectivity index (χ3n) is 7.60. The van der Waals surface area contributed by atoms with E-state index in [1.54, 1.807) is 12.1 Å². The zero-order chi connectivity index (χ0) is 32.2. The molecule has 0 bridgehead atoms. The minimum Gasteiger partial charge on any atom is -0.481 e. The number of anilines is 1. The number of piperidine rings is 1. The zero-order valence-electron chi connectivity index (χ0n) is 25.7. The molecule has 0 unspecified atom stereocenters. The van der Waals surface area contributed by atoms with E-state index in [9.17, 15) is 22.8 Å². The lowest BCUT2D eigenvalue weighted by atomic mass is 9.81. The van der Waals surface area contributed by atoms with Crippen molar-refractivity contribution in [3.8, 4) is 0 Å². The summed E-state index contributed by atoms with van der Waals surface area (Å²) in [6, 6.07) is 13.8. The van der Waals surface area contributed by atoms with Gasteiger partial charge in [0.15, 0.2) is 0 Å². The van der Waals surface area contributed by atoms with E-state index in [4.69, 9.17) is 9.84 Å². The summed E-state index contributed by atoms with van der Waals surface area (Å²) in [4.78, 5) is 38.9. The molecule has 13 heteroatoms. The van der Waals surface area contributed by atoms with E-state index in [1.165, 1.54) is 12.1 Å². The van der Waals surface area contributed by atoms with Crippen molar-refractivity contribution in [2.45, 2.75) is 63.2 Å². The number of benzene rings is 2.